The highest BCUT2D eigenvalue weighted by atomic mass is 16.5. The Morgan fingerprint density at radius 3 is 2.64 bits per heavy atom. The summed E-state index contributed by atoms with van der Waals surface area (Å²) < 4.78 is 6.95. The Hall–Kier alpha value is -1.80. The molecule has 1 aliphatic rings. The smallest absolute Gasteiger partial charge is 0.354 e. The number of aliphatic hydroxyl groups excluding tert-OH is 1. The number of aromatic nitrogens is 3. The van der Waals surface area contributed by atoms with Gasteiger partial charge in [0.25, 0.3) is 5.95 Å². The Morgan fingerprint density at radius 2 is 2.08 bits per heavy atom. The van der Waals surface area contributed by atoms with Gasteiger partial charge in [-0.2, -0.15) is 4.98 Å². The van der Waals surface area contributed by atoms with E-state index in [2.05, 4.69) is 33.7 Å². The van der Waals surface area contributed by atoms with E-state index >= 15 is 0 Å². The molecule has 1 aromatic heterocycles. The van der Waals surface area contributed by atoms with E-state index in [9.17, 15) is 4.79 Å². The summed E-state index contributed by atoms with van der Waals surface area (Å²) in [6.45, 7) is 6.15. The molecule has 0 amide bonds. The minimum atomic E-state index is -0.431. The molecule has 0 aliphatic carbocycles. The van der Waals surface area contributed by atoms with Crippen molar-refractivity contribution < 1.29 is 9.84 Å². The highest BCUT2D eigenvalue weighted by Gasteiger charge is 2.27. The van der Waals surface area contributed by atoms with Crippen molar-refractivity contribution in [2.45, 2.75) is 64.7 Å². The number of unbranched alkanes of at least 4 members (excludes halogenated alkanes) is 2. The lowest BCUT2D eigenvalue weighted by atomic mass is 10.2. The summed E-state index contributed by atoms with van der Waals surface area (Å²) in [5.74, 6) is 0.163. The molecule has 25 heavy (non-hydrogen) atoms. The van der Waals surface area contributed by atoms with Crippen LogP contribution >= 0.6 is 0 Å². The predicted octanol–water partition coefficient (Wildman–Crippen LogP) is 1.87. The molecule has 8 heteroatoms. The molecule has 1 N–H and O–H groups in total. The number of nitrogens with zero attached hydrogens (tertiary/aromatic N) is 5. The minimum absolute atomic E-state index is 0.0418. The van der Waals surface area contributed by atoms with Gasteiger partial charge in [0.1, 0.15) is 12.6 Å². The maximum Gasteiger partial charge on any atom is 0.354 e. The van der Waals surface area contributed by atoms with Crippen molar-refractivity contribution in [1.29, 1.82) is 0 Å². The first kappa shape index (κ1) is 19.5. The summed E-state index contributed by atoms with van der Waals surface area (Å²) in [7, 11) is 0. The fraction of sp³-hybridized carbons (Fsp3) is 0.765. The second-order valence-electron chi connectivity index (χ2n) is 6.31. The molecule has 1 fully saturated rings. The van der Waals surface area contributed by atoms with E-state index in [4.69, 9.17) is 9.84 Å². The number of aliphatic hydroxyl groups is 1. The van der Waals surface area contributed by atoms with Gasteiger partial charge in [0, 0.05) is 13.1 Å². The van der Waals surface area contributed by atoms with E-state index in [0.29, 0.717) is 6.42 Å². The molecular formula is C17H29N5O3. The van der Waals surface area contributed by atoms with E-state index in [1.807, 2.05) is 0 Å². The van der Waals surface area contributed by atoms with Crippen LogP contribution in [0.2, 0.25) is 0 Å². The lowest BCUT2D eigenvalue weighted by Gasteiger charge is -2.18. The van der Waals surface area contributed by atoms with Gasteiger partial charge in [-0.05, 0) is 25.7 Å². The van der Waals surface area contributed by atoms with Crippen LogP contribution in [0, 0.1) is 0 Å². The SMILES string of the molecule is CCCCN(/C=N/c1ncn(C2CCC(CO)O2)c(=O)n1)CCCC. The highest BCUT2D eigenvalue weighted by molar-refractivity contribution is 5.58. The molecular weight excluding hydrogens is 322 g/mol. The molecule has 1 aliphatic heterocycles. The molecule has 2 rings (SSSR count). The van der Waals surface area contributed by atoms with Crippen molar-refractivity contribution >= 4 is 12.3 Å². The van der Waals surface area contributed by atoms with Crippen molar-refractivity contribution in [2.24, 2.45) is 4.99 Å². The van der Waals surface area contributed by atoms with E-state index < -0.39 is 11.9 Å². The third-order valence-corrected chi connectivity index (χ3v) is 4.25. The number of hydrogen-bond acceptors (Lipinski definition) is 6. The van der Waals surface area contributed by atoms with E-state index in [1.165, 1.54) is 10.9 Å². The molecule has 0 bridgehead atoms. The molecule has 1 aromatic rings. The Labute approximate surface area is 148 Å². The van der Waals surface area contributed by atoms with Gasteiger partial charge < -0.3 is 14.7 Å². The molecule has 2 heterocycles. The number of rotatable bonds is 10. The molecule has 2 unspecified atom stereocenters. The molecule has 0 radical (unpaired) electrons. The Kier molecular flexibility index (Phi) is 8.00. The first-order valence-electron chi connectivity index (χ1n) is 9.17. The van der Waals surface area contributed by atoms with Crippen LogP contribution in [0.1, 0.15) is 58.6 Å². The zero-order chi connectivity index (χ0) is 18.1. The van der Waals surface area contributed by atoms with Crippen molar-refractivity contribution in [3.05, 3.63) is 16.8 Å². The third kappa shape index (κ3) is 5.89. The van der Waals surface area contributed by atoms with Gasteiger partial charge in [0.2, 0.25) is 0 Å². The quantitative estimate of drug-likeness (QED) is 0.511. The summed E-state index contributed by atoms with van der Waals surface area (Å²) in [6.07, 6.45) is 8.36. The summed E-state index contributed by atoms with van der Waals surface area (Å²) >= 11 is 0. The normalized spacial score (nSPS) is 20.4. The van der Waals surface area contributed by atoms with Crippen molar-refractivity contribution in [3.63, 3.8) is 0 Å². The second kappa shape index (κ2) is 10.2. The number of ether oxygens (including phenoxy) is 1. The number of aliphatic imine (C=N–C) groups is 1. The van der Waals surface area contributed by atoms with Crippen LogP contribution in [-0.4, -0.2) is 56.7 Å². The van der Waals surface area contributed by atoms with Crippen molar-refractivity contribution in [3.8, 4) is 0 Å². The molecule has 0 aromatic carbocycles. The molecule has 1 saturated heterocycles. The van der Waals surface area contributed by atoms with Gasteiger partial charge in [-0.3, -0.25) is 4.57 Å². The van der Waals surface area contributed by atoms with Crippen LogP contribution in [0.4, 0.5) is 5.95 Å². The fourth-order valence-corrected chi connectivity index (χ4v) is 2.70. The third-order valence-electron chi connectivity index (χ3n) is 4.25. The molecule has 140 valence electrons. The van der Waals surface area contributed by atoms with Crippen LogP contribution in [0.3, 0.4) is 0 Å². The lowest BCUT2D eigenvalue weighted by Crippen LogP contribution is -2.28. The first-order valence-corrected chi connectivity index (χ1v) is 9.17. The van der Waals surface area contributed by atoms with Crippen LogP contribution in [0.15, 0.2) is 16.1 Å². The fourth-order valence-electron chi connectivity index (χ4n) is 2.70. The Morgan fingerprint density at radius 1 is 1.36 bits per heavy atom. The first-order chi connectivity index (χ1) is 12.2. The van der Waals surface area contributed by atoms with E-state index in [1.54, 1.807) is 6.34 Å². The van der Waals surface area contributed by atoms with Crippen molar-refractivity contribution in [2.75, 3.05) is 19.7 Å². The van der Waals surface area contributed by atoms with E-state index in [0.717, 1.165) is 45.2 Å². The average molecular weight is 351 g/mol. The average Bonchev–Trinajstić information content (AvgIpc) is 3.10. The molecule has 2 atom stereocenters. The van der Waals surface area contributed by atoms with Crippen molar-refractivity contribution in [1.82, 2.24) is 19.4 Å². The topological polar surface area (TPSA) is 92.8 Å². The Balaban J connectivity index is 2.02. The van der Waals surface area contributed by atoms with Crippen LogP contribution in [0.25, 0.3) is 0 Å². The van der Waals surface area contributed by atoms with Crippen LogP contribution in [0.5, 0.6) is 0 Å². The zero-order valence-electron chi connectivity index (χ0n) is 15.2. The van der Waals surface area contributed by atoms with Gasteiger partial charge in [-0.1, -0.05) is 26.7 Å². The standard InChI is InChI=1S/C17H29N5O3/c1-3-5-9-21(10-6-4-2)12-18-16-19-13-22(17(24)20-16)15-8-7-14(11-23)25-15/h12-15,23H,3-11H2,1-2H3/b18-12+. The van der Waals surface area contributed by atoms with Gasteiger partial charge in [0.05, 0.1) is 19.0 Å². The van der Waals surface area contributed by atoms with Crippen LogP contribution in [-0.2, 0) is 4.74 Å². The van der Waals surface area contributed by atoms with Gasteiger partial charge >= 0.3 is 5.69 Å². The predicted molar refractivity (Wildman–Crippen MR) is 96.1 cm³/mol. The summed E-state index contributed by atoms with van der Waals surface area (Å²) in [4.78, 5) is 26.7. The van der Waals surface area contributed by atoms with Gasteiger partial charge in [-0.15, -0.1) is 0 Å². The van der Waals surface area contributed by atoms with Crippen LogP contribution < -0.4 is 5.69 Å². The number of hydrogen-bond donors (Lipinski definition) is 1. The molecule has 8 nitrogen and oxygen atoms in total. The highest BCUT2D eigenvalue weighted by Crippen LogP contribution is 2.26. The van der Waals surface area contributed by atoms with Gasteiger partial charge in [0.15, 0.2) is 0 Å². The molecule has 0 saturated carbocycles. The second-order valence-corrected chi connectivity index (χ2v) is 6.31. The lowest BCUT2D eigenvalue weighted by molar-refractivity contribution is -0.0250. The summed E-state index contributed by atoms with van der Waals surface area (Å²) in [5.41, 5.74) is -0.431. The minimum Gasteiger partial charge on any atom is -0.394 e. The molecule has 0 spiro atoms. The zero-order valence-corrected chi connectivity index (χ0v) is 15.2. The monoisotopic (exact) mass is 351 g/mol. The largest absolute Gasteiger partial charge is 0.394 e. The maximum absolute atomic E-state index is 12.2. The maximum atomic E-state index is 12.2. The Bertz CT molecular complexity index is 596. The summed E-state index contributed by atoms with van der Waals surface area (Å²) in [5, 5.41) is 9.12. The van der Waals surface area contributed by atoms with E-state index in [-0.39, 0.29) is 18.7 Å². The summed E-state index contributed by atoms with van der Waals surface area (Å²) in [6, 6.07) is 0. The van der Waals surface area contributed by atoms with Gasteiger partial charge in [-0.25, -0.2) is 14.8 Å².